The van der Waals surface area contributed by atoms with E-state index in [2.05, 4.69) is 20.9 Å². The molecular formula is C25H24BrN3O4S. The van der Waals surface area contributed by atoms with Gasteiger partial charge in [0.25, 0.3) is 5.56 Å². The van der Waals surface area contributed by atoms with Crippen molar-refractivity contribution in [2.75, 3.05) is 13.7 Å². The van der Waals surface area contributed by atoms with E-state index in [1.54, 1.807) is 31.0 Å². The zero-order chi connectivity index (χ0) is 24.2. The highest BCUT2D eigenvalue weighted by molar-refractivity contribution is 9.10. The van der Waals surface area contributed by atoms with Gasteiger partial charge in [-0.2, -0.15) is 0 Å². The van der Waals surface area contributed by atoms with Crippen molar-refractivity contribution in [3.05, 3.63) is 89.3 Å². The van der Waals surface area contributed by atoms with Crippen LogP contribution in [0.15, 0.2) is 68.3 Å². The molecule has 0 N–H and O–H groups in total. The second-order valence-corrected chi connectivity index (χ2v) is 9.51. The fourth-order valence-corrected chi connectivity index (χ4v) is 5.34. The number of rotatable bonds is 7. The van der Waals surface area contributed by atoms with E-state index in [-0.39, 0.29) is 12.2 Å². The number of allylic oxidation sites excluding steroid dienone is 1. The molecule has 9 heteroatoms. The lowest BCUT2D eigenvalue weighted by atomic mass is 9.93. The number of aromatic nitrogens is 2. The Hall–Kier alpha value is -3.04. The number of carbonyl (C=O) groups is 1. The van der Waals surface area contributed by atoms with Gasteiger partial charge in [0.15, 0.2) is 4.80 Å². The summed E-state index contributed by atoms with van der Waals surface area (Å²) in [6.45, 7) is 4.01. The highest BCUT2D eigenvalue weighted by Crippen LogP contribution is 2.38. The molecule has 0 amide bonds. The minimum absolute atomic E-state index is 0.219. The van der Waals surface area contributed by atoms with Gasteiger partial charge < -0.3 is 9.47 Å². The third-order valence-corrected chi connectivity index (χ3v) is 6.86. The first-order valence-electron chi connectivity index (χ1n) is 10.9. The van der Waals surface area contributed by atoms with Crippen LogP contribution in [0.5, 0.6) is 5.75 Å². The Morgan fingerprint density at radius 1 is 1.24 bits per heavy atom. The molecule has 0 saturated carbocycles. The molecule has 34 heavy (non-hydrogen) atoms. The second kappa shape index (κ2) is 10.5. The number of hydrogen-bond donors (Lipinski definition) is 0. The molecule has 7 nitrogen and oxygen atoms in total. The molecule has 2 aromatic heterocycles. The van der Waals surface area contributed by atoms with Crippen molar-refractivity contribution in [3.8, 4) is 5.75 Å². The lowest BCUT2D eigenvalue weighted by Gasteiger charge is -2.27. The Morgan fingerprint density at radius 2 is 2.00 bits per heavy atom. The lowest BCUT2D eigenvalue weighted by molar-refractivity contribution is -0.139. The minimum atomic E-state index is -0.733. The van der Waals surface area contributed by atoms with E-state index >= 15 is 0 Å². The standard InChI is InChI=1S/C25H24BrN3O4S/c1-4-6-18-21(24(31)33-5-2)22(17-14-16(26)7-8-19(17)32-3)29-23(30)20(34-25(29)28-18)13-15-9-11-27-12-10-15/h7-14,22H,4-6H2,1-3H3/b20-13+/t22-/m1/s1. The molecule has 0 fully saturated rings. The van der Waals surface area contributed by atoms with Crippen molar-refractivity contribution < 1.29 is 14.3 Å². The third kappa shape index (κ3) is 4.63. The van der Waals surface area contributed by atoms with Gasteiger partial charge in [0, 0.05) is 22.4 Å². The number of pyridine rings is 1. The molecule has 3 aromatic rings. The van der Waals surface area contributed by atoms with Crippen molar-refractivity contribution in [1.82, 2.24) is 9.55 Å². The fourth-order valence-electron chi connectivity index (χ4n) is 3.95. The summed E-state index contributed by atoms with van der Waals surface area (Å²) in [5.74, 6) is 0.0848. The minimum Gasteiger partial charge on any atom is -0.496 e. The molecule has 0 radical (unpaired) electrons. The zero-order valence-electron chi connectivity index (χ0n) is 19.1. The third-order valence-electron chi connectivity index (χ3n) is 5.38. The number of nitrogens with zero attached hydrogens (tertiary/aromatic N) is 3. The summed E-state index contributed by atoms with van der Waals surface area (Å²) in [5.41, 5.74) is 2.30. The van der Waals surface area contributed by atoms with E-state index in [0.29, 0.717) is 38.3 Å². The lowest BCUT2D eigenvalue weighted by Crippen LogP contribution is -2.40. The molecule has 1 aliphatic heterocycles. The van der Waals surface area contributed by atoms with Crippen LogP contribution >= 0.6 is 27.3 Å². The number of fused-ring (bicyclic) bond motifs is 1. The van der Waals surface area contributed by atoms with Crippen LogP contribution in [0.1, 0.15) is 43.9 Å². The summed E-state index contributed by atoms with van der Waals surface area (Å²) in [6, 6.07) is 8.48. The maximum absolute atomic E-state index is 13.7. The van der Waals surface area contributed by atoms with Crippen molar-refractivity contribution >= 4 is 39.3 Å². The van der Waals surface area contributed by atoms with Crippen LogP contribution in [0.2, 0.25) is 0 Å². The van der Waals surface area contributed by atoms with Crippen molar-refractivity contribution in [3.63, 3.8) is 0 Å². The van der Waals surface area contributed by atoms with Gasteiger partial charge in [0.2, 0.25) is 0 Å². The number of thiazole rings is 1. The molecule has 1 aromatic carbocycles. The van der Waals surface area contributed by atoms with E-state index in [1.807, 2.05) is 43.3 Å². The summed E-state index contributed by atoms with van der Waals surface area (Å²) >= 11 is 4.82. The zero-order valence-corrected chi connectivity index (χ0v) is 21.5. The molecule has 1 aliphatic rings. The number of carbonyl (C=O) groups excluding carboxylic acids is 1. The molecular weight excluding hydrogens is 518 g/mol. The van der Waals surface area contributed by atoms with Crippen LogP contribution in [0.25, 0.3) is 6.08 Å². The number of hydrogen-bond acceptors (Lipinski definition) is 7. The van der Waals surface area contributed by atoms with Crippen LogP contribution in [0.4, 0.5) is 0 Å². The van der Waals surface area contributed by atoms with E-state index in [9.17, 15) is 9.59 Å². The number of benzene rings is 1. The molecule has 0 saturated heterocycles. The molecule has 0 bridgehead atoms. The van der Waals surface area contributed by atoms with E-state index in [1.165, 1.54) is 11.3 Å². The maximum atomic E-state index is 13.7. The van der Waals surface area contributed by atoms with Gasteiger partial charge in [0.05, 0.1) is 29.5 Å². The van der Waals surface area contributed by atoms with E-state index < -0.39 is 12.0 Å². The van der Waals surface area contributed by atoms with Gasteiger partial charge in [-0.1, -0.05) is 40.6 Å². The first-order valence-corrected chi connectivity index (χ1v) is 12.5. The van der Waals surface area contributed by atoms with Crippen LogP contribution in [0.3, 0.4) is 0 Å². The number of methoxy groups -OCH3 is 1. The summed E-state index contributed by atoms with van der Waals surface area (Å²) in [6.07, 6.45) is 6.53. The predicted octanol–water partition coefficient (Wildman–Crippen LogP) is 3.74. The number of esters is 1. The summed E-state index contributed by atoms with van der Waals surface area (Å²) in [4.78, 5) is 36.3. The Morgan fingerprint density at radius 3 is 2.68 bits per heavy atom. The molecule has 3 heterocycles. The molecule has 0 aliphatic carbocycles. The van der Waals surface area contributed by atoms with Crippen LogP contribution < -0.4 is 19.6 Å². The summed E-state index contributed by atoms with van der Waals surface area (Å²) < 4.78 is 14.0. The quantitative estimate of drug-likeness (QED) is 0.425. The van der Waals surface area contributed by atoms with E-state index in [0.717, 1.165) is 16.5 Å². The summed E-state index contributed by atoms with van der Waals surface area (Å²) in [7, 11) is 1.57. The number of ether oxygens (including phenoxy) is 2. The normalized spacial score (nSPS) is 15.6. The predicted molar refractivity (Wildman–Crippen MR) is 135 cm³/mol. The monoisotopic (exact) mass is 541 g/mol. The van der Waals surface area contributed by atoms with Crippen LogP contribution in [0, 0.1) is 0 Å². The second-order valence-electron chi connectivity index (χ2n) is 7.58. The summed E-state index contributed by atoms with van der Waals surface area (Å²) in [5, 5.41) is 0. The molecule has 1 atom stereocenters. The fraction of sp³-hybridized carbons (Fsp3) is 0.280. The Bertz CT molecular complexity index is 1430. The van der Waals surface area contributed by atoms with Gasteiger partial charge >= 0.3 is 5.97 Å². The van der Waals surface area contributed by atoms with Gasteiger partial charge in [-0.25, -0.2) is 9.79 Å². The topological polar surface area (TPSA) is 82.8 Å². The van der Waals surface area contributed by atoms with Crippen LogP contribution in [-0.4, -0.2) is 29.2 Å². The van der Waals surface area contributed by atoms with Gasteiger partial charge in [0.1, 0.15) is 11.8 Å². The van der Waals surface area contributed by atoms with Gasteiger partial charge in [-0.05, 0) is 55.3 Å². The van der Waals surface area contributed by atoms with Crippen molar-refractivity contribution in [1.29, 1.82) is 0 Å². The average molecular weight is 542 g/mol. The Kier molecular flexibility index (Phi) is 7.43. The molecule has 0 spiro atoms. The van der Waals surface area contributed by atoms with Crippen molar-refractivity contribution in [2.45, 2.75) is 32.7 Å². The molecule has 176 valence electrons. The van der Waals surface area contributed by atoms with E-state index in [4.69, 9.17) is 14.5 Å². The molecule has 0 unspecified atom stereocenters. The van der Waals surface area contributed by atoms with Gasteiger partial charge in [-0.15, -0.1) is 0 Å². The first-order chi connectivity index (χ1) is 16.5. The average Bonchev–Trinajstić information content (AvgIpc) is 3.13. The Balaban J connectivity index is 2.06. The smallest absolute Gasteiger partial charge is 0.338 e. The molecule has 4 rings (SSSR count). The Labute approximate surface area is 209 Å². The SMILES string of the molecule is CCCC1=C(C(=O)OCC)[C@@H](c2cc(Br)ccc2OC)n2c(s/c(=C/c3ccncc3)c2=O)=N1. The largest absolute Gasteiger partial charge is 0.496 e. The highest BCUT2D eigenvalue weighted by atomic mass is 79.9. The first kappa shape index (κ1) is 24.1. The van der Waals surface area contributed by atoms with Gasteiger partial charge in [-0.3, -0.25) is 14.3 Å². The van der Waals surface area contributed by atoms with Crippen LogP contribution in [-0.2, 0) is 9.53 Å². The highest BCUT2D eigenvalue weighted by Gasteiger charge is 2.36. The number of halogens is 1. The van der Waals surface area contributed by atoms with Crippen molar-refractivity contribution in [2.24, 2.45) is 4.99 Å². The maximum Gasteiger partial charge on any atom is 0.338 e.